The van der Waals surface area contributed by atoms with Gasteiger partial charge in [-0.1, -0.05) is 30.9 Å². The highest BCUT2D eigenvalue weighted by Crippen LogP contribution is 2.23. The third-order valence-corrected chi connectivity index (χ3v) is 4.34. The largest absolute Gasteiger partial charge is 0.465 e. The third kappa shape index (κ3) is 5.94. The van der Waals surface area contributed by atoms with Crippen molar-refractivity contribution < 1.29 is 19.1 Å². The minimum absolute atomic E-state index is 0.169. The number of methoxy groups -OCH3 is 1. The number of amides is 3. The zero-order valence-corrected chi connectivity index (χ0v) is 14.8. The molecule has 0 radical (unpaired) electrons. The lowest BCUT2D eigenvalue weighted by Crippen LogP contribution is -2.45. The molecule has 1 aliphatic rings. The van der Waals surface area contributed by atoms with E-state index >= 15 is 0 Å². The van der Waals surface area contributed by atoms with Crippen LogP contribution in [-0.4, -0.2) is 37.6 Å². The predicted octanol–water partition coefficient (Wildman–Crippen LogP) is 2.70. The Bertz CT molecular complexity index is 645. The molecule has 1 fully saturated rings. The van der Waals surface area contributed by atoms with Gasteiger partial charge in [-0.3, -0.25) is 4.79 Å². The highest BCUT2D eigenvalue weighted by Gasteiger charge is 2.16. The Labute approximate surface area is 151 Å². The lowest BCUT2D eigenvalue weighted by Gasteiger charge is -2.22. The maximum Gasteiger partial charge on any atom is 0.337 e. The van der Waals surface area contributed by atoms with Crippen molar-refractivity contribution in [3.05, 3.63) is 28.8 Å². The van der Waals surface area contributed by atoms with Crippen LogP contribution in [0.4, 0.5) is 10.5 Å². The van der Waals surface area contributed by atoms with Crippen LogP contribution in [-0.2, 0) is 9.53 Å². The fourth-order valence-corrected chi connectivity index (χ4v) is 2.87. The molecule has 2 rings (SSSR count). The monoisotopic (exact) mass is 367 g/mol. The molecular formula is C17H22ClN3O4. The van der Waals surface area contributed by atoms with Gasteiger partial charge in [-0.25, -0.2) is 9.59 Å². The SMILES string of the molecule is COC(=O)c1ccc(Cl)c(NC(=O)CNC(=O)NC2CCCCC2)c1. The van der Waals surface area contributed by atoms with Crippen molar-refractivity contribution in [3.63, 3.8) is 0 Å². The van der Waals surface area contributed by atoms with Gasteiger partial charge in [-0.2, -0.15) is 0 Å². The van der Waals surface area contributed by atoms with Gasteiger partial charge in [0, 0.05) is 6.04 Å². The number of carbonyl (C=O) groups excluding carboxylic acids is 3. The minimum atomic E-state index is -0.530. The molecule has 136 valence electrons. The molecule has 25 heavy (non-hydrogen) atoms. The Morgan fingerprint density at radius 2 is 1.92 bits per heavy atom. The number of halogens is 1. The maximum atomic E-state index is 12.0. The van der Waals surface area contributed by atoms with Crippen molar-refractivity contribution in [1.29, 1.82) is 0 Å². The number of carbonyl (C=O) groups is 3. The zero-order valence-electron chi connectivity index (χ0n) is 14.1. The Morgan fingerprint density at radius 3 is 2.60 bits per heavy atom. The number of nitrogens with one attached hydrogen (secondary N) is 3. The summed E-state index contributed by atoms with van der Waals surface area (Å²) in [6.07, 6.45) is 5.36. The number of urea groups is 1. The summed E-state index contributed by atoms with van der Waals surface area (Å²) in [4.78, 5) is 35.3. The van der Waals surface area contributed by atoms with E-state index in [1.165, 1.54) is 31.7 Å². The Balaban J connectivity index is 1.83. The summed E-state index contributed by atoms with van der Waals surface area (Å²) in [6.45, 7) is -0.197. The first-order chi connectivity index (χ1) is 12.0. The summed E-state index contributed by atoms with van der Waals surface area (Å²) in [7, 11) is 1.27. The molecule has 0 saturated heterocycles. The van der Waals surface area contributed by atoms with E-state index in [1.807, 2.05) is 0 Å². The van der Waals surface area contributed by atoms with Crippen LogP contribution in [0.5, 0.6) is 0 Å². The molecule has 8 heteroatoms. The quantitative estimate of drug-likeness (QED) is 0.697. The topological polar surface area (TPSA) is 96.5 Å². The molecule has 0 bridgehead atoms. The molecule has 3 N–H and O–H groups in total. The van der Waals surface area contributed by atoms with Gasteiger partial charge in [-0.05, 0) is 31.0 Å². The minimum Gasteiger partial charge on any atom is -0.465 e. The van der Waals surface area contributed by atoms with E-state index in [9.17, 15) is 14.4 Å². The van der Waals surface area contributed by atoms with E-state index in [0.29, 0.717) is 0 Å². The van der Waals surface area contributed by atoms with E-state index in [0.717, 1.165) is 25.7 Å². The number of hydrogen-bond acceptors (Lipinski definition) is 4. The molecule has 0 unspecified atom stereocenters. The smallest absolute Gasteiger partial charge is 0.337 e. The van der Waals surface area contributed by atoms with Gasteiger partial charge in [0.05, 0.1) is 29.9 Å². The Kier molecular flexibility index (Phi) is 7.06. The molecule has 3 amide bonds. The second-order valence-electron chi connectivity index (χ2n) is 5.90. The number of hydrogen-bond donors (Lipinski definition) is 3. The van der Waals surface area contributed by atoms with Crippen LogP contribution in [0.2, 0.25) is 5.02 Å². The Morgan fingerprint density at radius 1 is 1.20 bits per heavy atom. The fraction of sp³-hybridized carbons (Fsp3) is 0.471. The summed E-state index contributed by atoms with van der Waals surface area (Å²) in [5, 5.41) is 8.24. The molecule has 0 atom stereocenters. The number of ether oxygens (including phenoxy) is 1. The first kappa shape index (κ1) is 19.1. The summed E-state index contributed by atoms with van der Waals surface area (Å²) in [5.41, 5.74) is 0.550. The van der Waals surface area contributed by atoms with E-state index < -0.39 is 11.9 Å². The van der Waals surface area contributed by atoms with Crippen molar-refractivity contribution in [2.75, 3.05) is 19.0 Å². The van der Waals surface area contributed by atoms with Crippen LogP contribution in [0, 0.1) is 0 Å². The van der Waals surface area contributed by atoms with Gasteiger partial charge in [0.15, 0.2) is 0 Å². The highest BCUT2D eigenvalue weighted by atomic mass is 35.5. The van der Waals surface area contributed by atoms with Crippen LogP contribution in [0.1, 0.15) is 42.5 Å². The van der Waals surface area contributed by atoms with Crippen LogP contribution < -0.4 is 16.0 Å². The van der Waals surface area contributed by atoms with Crippen molar-refractivity contribution >= 4 is 35.2 Å². The van der Waals surface area contributed by atoms with Crippen LogP contribution in [0.3, 0.4) is 0 Å². The molecule has 7 nitrogen and oxygen atoms in total. The molecule has 1 aromatic rings. The van der Waals surface area contributed by atoms with Crippen molar-refractivity contribution in [2.45, 2.75) is 38.1 Å². The molecule has 0 spiro atoms. The molecule has 0 aromatic heterocycles. The summed E-state index contributed by atoms with van der Waals surface area (Å²) in [6, 6.07) is 4.22. The number of rotatable bonds is 5. The van der Waals surface area contributed by atoms with Crippen LogP contribution >= 0.6 is 11.6 Å². The molecule has 0 aliphatic heterocycles. The molecule has 1 aromatic carbocycles. The summed E-state index contributed by atoms with van der Waals surface area (Å²) in [5.74, 6) is -0.972. The number of esters is 1. The standard InChI is InChI=1S/C17H22ClN3O4/c1-25-16(23)11-7-8-13(18)14(9-11)21-15(22)10-19-17(24)20-12-5-3-2-4-6-12/h7-9,12H,2-6,10H2,1H3,(H,21,22)(H2,19,20,24). The average molecular weight is 368 g/mol. The Hall–Kier alpha value is -2.28. The van der Waals surface area contributed by atoms with Crippen molar-refractivity contribution in [2.24, 2.45) is 0 Å². The molecule has 1 aliphatic carbocycles. The van der Waals surface area contributed by atoms with Gasteiger partial charge in [0.1, 0.15) is 0 Å². The lowest BCUT2D eigenvalue weighted by molar-refractivity contribution is -0.115. The lowest BCUT2D eigenvalue weighted by atomic mass is 9.96. The third-order valence-electron chi connectivity index (χ3n) is 4.01. The maximum absolute atomic E-state index is 12.0. The zero-order chi connectivity index (χ0) is 18.2. The van der Waals surface area contributed by atoms with Gasteiger partial charge in [0.25, 0.3) is 0 Å². The van der Waals surface area contributed by atoms with Gasteiger partial charge in [-0.15, -0.1) is 0 Å². The van der Waals surface area contributed by atoms with Gasteiger partial charge < -0.3 is 20.7 Å². The highest BCUT2D eigenvalue weighted by molar-refractivity contribution is 6.33. The average Bonchev–Trinajstić information content (AvgIpc) is 2.62. The van der Waals surface area contributed by atoms with Crippen LogP contribution in [0.15, 0.2) is 18.2 Å². The number of anilines is 1. The van der Waals surface area contributed by atoms with E-state index in [1.54, 1.807) is 0 Å². The van der Waals surface area contributed by atoms with Crippen LogP contribution in [0.25, 0.3) is 0 Å². The van der Waals surface area contributed by atoms with Gasteiger partial charge >= 0.3 is 12.0 Å². The summed E-state index contributed by atoms with van der Waals surface area (Å²) < 4.78 is 4.63. The first-order valence-electron chi connectivity index (χ1n) is 8.21. The second kappa shape index (κ2) is 9.27. The first-order valence-corrected chi connectivity index (χ1v) is 8.59. The predicted molar refractivity (Wildman–Crippen MR) is 94.8 cm³/mol. The summed E-state index contributed by atoms with van der Waals surface area (Å²) >= 11 is 6.01. The normalized spacial score (nSPS) is 14.5. The molecule has 0 heterocycles. The fourth-order valence-electron chi connectivity index (χ4n) is 2.70. The van der Waals surface area contributed by atoms with E-state index in [2.05, 4.69) is 20.7 Å². The number of benzene rings is 1. The van der Waals surface area contributed by atoms with Crippen molar-refractivity contribution in [3.8, 4) is 0 Å². The molecular weight excluding hydrogens is 346 g/mol. The van der Waals surface area contributed by atoms with E-state index in [4.69, 9.17) is 11.6 Å². The van der Waals surface area contributed by atoms with Crippen molar-refractivity contribution in [1.82, 2.24) is 10.6 Å². The van der Waals surface area contributed by atoms with Gasteiger partial charge in [0.2, 0.25) is 5.91 Å². The van der Waals surface area contributed by atoms with E-state index in [-0.39, 0.29) is 34.9 Å². The second-order valence-corrected chi connectivity index (χ2v) is 6.30. The molecule has 1 saturated carbocycles.